The molecule has 0 fully saturated rings. The summed E-state index contributed by atoms with van der Waals surface area (Å²) in [6, 6.07) is 7.58. The number of halogens is 3. The van der Waals surface area contributed by atoms with Crippen LogP contribution in [0.5, 0.6) is 0 Å². The molecule has 3 N–H and O–H groups in total. The van der Waals surface area contributed by atoms with Crippen molar-refractivity contribution < 1.29 is 0 Å². The smallest absolute Gasteiger partial charge is 0.230 e. The van der Waals surface area contributed by atoms with Gasteiger partial charge in [-0.3, -0.25) is 0 Å². The molecule has 0 spiro atoms. The van der Waals surface area contributed by atoms with Crippen molar-refractivity contribution in [3.63, 3.8) is 0 Å². The Morgan fingerprint density at radius 3 is 2.65 bits per heavy atom. The van der Waals surface area contributed by atoms with Gasteiger partial charge >= 0.3 is 0 Å². The predicted octanol–water partition coefficient (Wildman–Crippen LogP) is 3.93. The number of rotatable bonds is 2. The standard InChI is InChI=1S/C10H7Br2IN4/c11-5-1-2-6(13)7(3-5)15-10-16-8(12)4-9(14)17-10/h1-4H,(H3,14,15,16,17). The third-order valence-corrected chi connectivity index (χ3v) is 3.73. The quantitative estimate of drug-likeness (QED) is 0.517. The Labute approximate surface area is 129 Å². The zero-order valence-electron chi connectivity index (χ0n) is 8.42. The summed E-state index contributed by atoms with van der Waals surface area (Å²) in [7, 11) is 0. The van der Waals surface area contributed by atoms with Gasteiger partial charge in [-0.05, 0) is 56.7 Å². The molecule has 1 heterocycles. The zero-order valence-corrected chi connectivity index (χ0v) is 13.7. The van der Waals surface area contributed by atoms with Crippen molar-refractivity contribution in [2.45, 2.75) is 0 Å². The molecule has 0 amide bonds. The first kappa shape index (κ1) is 13.0. The van der Waals surface area contributed by atoms with Crippen molar-refractivity contribution in [3.05, 3.63) is 36.9 Å². The topological polar surface area (TPSA) is 63.8 Å². The molecule has 0 bridgehead atoms. The molecule has 0 aliphatic heterocycles. The SMILES string of the molecule is Nc1cc(Br)nc(Nc2cc(Br)ccc2I)n1. The maximum Gasteiger partial charge on any atom is 0.230 e. The van der Waals surface area contributed by atoms with E-state index in [4.69, 9.17) is 5.73 Å². The average Bonchev–Trinajstić information content (AvgIpc) is 2.22. The number of nitrogen functional groups attached to an aromatic ring is 1. The Bertz CT molecular complexity index is 542. The first-order valence-corrected chi connectivity index (χ1v) is 7.23. The van der Waals surface area contributed by atoms with Crippen molar-refractivity contribution >= 4 is 71.9 Å². The van der Waals surface area contributed by atoms with Crippen LogP contribution >= 0.6 is 54.5 Å². The van der Waals surface area contributed by atoms with E-state index in [0.29, 0.717) is 16.4 Å². The van der Waals surface area contributed by atoms with Crippen LogP contribution < -0.4 is 11.1 Å². The van der Waals surface area contributed by atoms with Gasteiger partial charge in [0.1, 0.15) is 10.4 Å². The minimum atomic E-state index is 0.416. The van der Waals surface area contributed by atoms with Crippen LogP contribution in [0.2, 0.25) is 0 Å². The van der Waals surface area contributed by atoms with Gasteiger partial charge in [0.15, 0.2) is 0 Å². The molecule has 1 aromatic carbocycles. The molecule has 0 radical (unpaired) electrons. The largest absolute Gasteiger partial charge is 0.383 e. The number of anilines is 3. The van der Waals surface area contributed by atoms with E-state index in [-0.39, 0.29) is 0 Å². The van der Waals surface area contributed by atoms with E-state index in [0.717, 1.165) is 13.7 Å². The Morgan fingerprint density at radius 1 is 1.18 bits per heavy atom. The summed E-state index contributed by atoms with van der Waals surface area (Å²) < 4.78 is 2.72. The summed E-state index contributed by atoms with van der Waals surface area (Å²) in [6.45, 7) is 0. The first-order valence-electron chi connectivity index (χ1n) is 4.57. The molecule has 2 aromatic rings. The molecule has 17 heavy (non-hydrogen) atoms. The number of benzene rings is 1. The maximum absolute atomic E-state index is 5.65. The molecule has 0 aliphatic rings. The molecule has 0 saturated heterocycles. The van der Waals surface area contributed by atoms with E-state index >= 15 is 0 Å². The van der Waals surface area contributed by atoms with Gasteiger partial charge in [0.05, 0.1) is 5.69 Å². The van der Waals surface area contributed by atoms with Crippen LogP contribution in [0.3, 0.4) is 0 Å². The second kappa shape index (κ2) is 5.49. The summed E-state index contributed by atoms with van der Waals surface area (Å²) in [5, 5.41) is 3.12. The molecule has 2 rings (SSSR count). The van der Waals surface area contributed by atoms with Crippen molar-refractivity contribution in [3.8, 4) is 0 Å². The lowest BCUT2D eigenvalue weighted by molar-refractivity contribution is 1.15. The van der Waals surface area contributed by atoms with Gasteiger partial charge in [-0.1, -0.05) is 15.9 Å². The van der Waals surface area contributed by atoms with Crippen molar-refractivity contribution in [1.29, 1.82) is 0 Å². The molecule has 0 unspecified atom stereocenters. The monoisotopic (exact) mass is 468 g/mol. The van der Waals surface area contributed by atoms with E-state index in [1.807, 2.05) is 18.2 Å². The number of hydrogen-bond acceptors (Lipinski definition) is 4. The lowest BCUT2D eigenvalue weighted by atomic mass is 10.3. The number of aromatic nitrogens is 2. The molecule has 1 aromatic heterocycles. The summed E-state index contributed by atoms with van der Waals surface area (Å²) in [4.78, 5) is 8.30. The van der Waals surface area contributed by atoms with Gasteiger partial charge in [-0.15, -0.1) is 0 Å². The Balaban J connectivity index is 2.34. The van der Waals surface area contributed by atoms with Gasteiger partial charge in [-0.2, -0.15) is 4.98 Å². The van der Waals surface area contributed by atoms with Crippen LogP contribution in [0.4, 0.5) is 17.5 Å². The first-order chi connectivity index (χ1) is 8.04. The predicted molar refractivity (Wildman–Crippen MR) is 84.3 cm³/mol. The summed E-state index contributed by atoms with van der Waals surface area (Å²) in [5.41, 5.74) is 6.58. The molecular formula is C10H7Br2IN4. The van der Waals surface area contributed by atoms with Crippen molar-refractivity contribution in [2.75, 3.05) is 11.1 Å². The second-order valence-electron chi connectivity index (χ2n) is 3.19. The fourth-order valence-electron chi connectivity index (χ4n) is 1.20. The third kappa shape index (κ3) is 3.52. The fraction of sp³-hybridized carbons (Fsp3) is 0. The van der Waals surface area contributed by atoms with E-state index < -0.39 is 0 Å². The minimum absolute atomic E-state index is 0.416. The number of nitrogens with one attached hydrogen (secondary N) is 1. The van der Waals surface area contributed by atoms with Crippen LogP contribution in [0, 0.1) is 3.57 Å². The highest BCUT2D eigenvalue weighted by Gasteiger charge is 2.05. The normalized spacial score (nSPS) is 10.3. The summed E-state index contributed by atoms with van der Waals surface area (Å²) >= 11 is 8.94. The average molecular weight is 470 g/mol. The molecule has 0 atom stereocenters. The van der Waals surface area contributed by atoms with Crippen molar-refractivity contribution in [2.24, 2.45) is 0 Å². The Kier molecular flexibility index (Phi) is 4.21. The Hall–Kier alpha value is -0.410. The molecule has 4 nitrogen and oxygen atoms in total. The van der Waals surface area contributed by atoms with Crippen LogP contribution in [-0.2, 0) is 0 Å². The lowest BCUT2D eigenvalue weighted by Gasteiger charge is -2.08. The second-order valence-corrected chi connectivity index (χ2v) is 6.08. The zero-order chi connectivity index (χ0) is 12.4. The van der Waals surface area contributed by atoms with E-state index in [9.17, 15) is 0 Å². The van der Waals surface area contributed by atoms with E-state index in [2.05, 4.69) is 69.7 Å². The lowest BCUT2D eigenvalue weighted by Crippen LogP contribution is -2.01. The highest BCUT2D eigenvalue weighted by molar-refractivity contribution is 14.1. The molecule has 7 heteroatoms. The number of hydrogen-bond donors (Lipinski definition) is 2. The van der Waals surface area contributed by atoms with Gasteiger partial charge in [0, 0.05) is 14.1 Å². The number of nitrogens with two attached hydrogens (primary N) is 1. The fourth-order valence-corrected chi connectivity index (χ4v) is 2.44. The van der Waals surface area contributed by atoms with Gasteiger partial charge in [0.25, 0.3) is 0 Å². The number of nitrogens with zero attached hydrogens (tertiary/aromatic N) is 2. The third-order valence-electron chi connectivity index (χ3n) is 1.89. The maximum atomic E-state index is 5.65. The molecule has 0 aliphatic carbocycles. The Morgan fingerprint density at radius 2 is 1.94 bits per heavy atom. The van der Waals surface area contributed by atoms with Gasteiger partial charge in [-0.25, -0.2) is 4.98 Å². The van der Waals surface area contributed by atoms with Gasteiger partial charge < -0.3 is 11.1 Å². The van der Waals surface area contributed by atoms with E-state index in [1.54, 1.807) is 6.07 Å². The van der Waals surface area contributed by atoms with Crippen LogP contribution in [0.1, 0.15) is 0 Å². The van der Waals surface area contributed by atoms with Crippen molar-refractivity contribution in [1.82, 2.24) is 9.97 Å². The molecule has 88 valence electrons. The summed E-state index contributed by atoms with van der Waals surface area (Å²) in [6.07, 6.45) is 0. The molecule has 0 saturated carbocycles. The van der Waals surface area contributed by atoms with Crippen LogP contribution in [0.25, 0.3) is 0 Å². The highest BCUT2D eigenvalue weighted by Crippen LogP contribution is 2.25. The van der Waals surface area contributed by atoms with Crippen LogP contribution in [-0.4, -0.2) is 9.97 Å². The highest BCUT2D eigenvalue weighted by atomic mass is 127. The van der Waals surface area contributed by atoms with Crippen LogP contribution in [0.15, 0.2) is 33.3 Å². The van der Waals surface area contributed by atoms with Gasteiger partial charge in [0.2, 0.25) is 5.95 Å². The molecular weight excluding hydrogens is 463 g/mol. The minimum Gasteiger partial charge on any atom is -0.383 e. The van der Waals surface area contributed by atoms with E-state index in [1.165, 1.54) is 0 Å². The summed E-state index contributed by atoms with van der Waals surface area (Å²) in [5.74, 6) is 0.882.